The first kappa shape index (κ1) is 15.0. The molecule has 6 nitrogen and oxygen atoms in total. The second-order valence-corrected chi connectivity index (χ2v) is 5.45. The van der Waals surface area contributed by atoms with Crippen LogP contribution >= 0.6 is 0 Å². The summed E-state index contributed by atoms with van der Waals surface area (Å²) in [7, 11) is 0. The average Bonchev–Trinajstić information content (AvgIpc) is 2.65. The summed E-state index contributed by atoms with van der Waals surface area (Å²) in [4.78, 5) is 24.4. The van der Waals surface area contributed by atoms with Gasteiger partial charge in [-0.2, -0.15) is 5.26 Å². The SMILES string of the molecule is C=C[C@@H]1C[C@H](C#N)N(C(=O)OC(C)(C)C)[C@H]1C(=O)O. The van der Waals surface area contributed by atoms with Crippen molar-refractivity contribution in [3.05, 3.63) is 12.7 Å². The highest BCUT2D eigenvalue weighted by Crippen LogP contribution is 2.32. The van der Waals surface area contributed by atoms with E-state index in [1.165, 1.54) is 6.08 Å². The lowest BCUT2D eigenvalue weighted by molar-refractivity contribution is -0.143. The topological polar surface area (TPSA) is 90.6 Å². The van der Waals surface area contributed by atoms with Crippen LogP contribution in [0.2, 0.25) is 0 Å². The number of hydrogen-bond acceptors (Lipinski definition) is 4. The molecule has 3 atom stereocenters. The maximum Gasteiger partial charge on any atom is 0.412 e. The average molecular weight is 266 g/mol. The number of carbonyl (C=O) groups excluding carboxylic acids is 1. The molecule has 0 bridgehead atoms. The van der Waals surface area contributed by atoms with E-state index in [2.05, 4.69) is 6.58 Å². The number of nitriles is 1. The van der Waals surface area contributed by atoms with Gasteiger partial charge >= 0.3 is 12.1 Å². The van der Waals surface area contributed by atoms with Crippen LogP contribution in [0.25, 0.3) is 0 Å². The number of aliphatic carboxylic acids is 1. The Morgan fingerprint density at radius 2 is 2.11 bits per heavy atom. The lowest BCUT2D eigenvalue weighted by Gasteiger charge is -2.29. The van der Waals surface area contributed by atoms with Gasteiger partial charge in [-0.1, -0.05) is 6.08 Å². The minimum absolute atomic E-state index is 0.260. The zero-order valence-electron chi connectivity index (χ0n) is 11.3. The largest absolute Gasteiger partial charge is 0.480 e. The van der Waals surface area contributed by atoms with Crippen molar-refractivity contribution in [2.45, 2.75) is 44.9 Å². The highest BCUT2D eigenvalue weighted by Gasteiger charge is 2.48. The van der Waals surface area contributed by atoms with Crippen LogP contribution in [0.4, 0.5) is 4.79 Å². The van der Waals surface area contributed by atoms with Gasteiger partial charge in [-0.15, -0.1) is 6.58 Å². The quantitative estimate of drug-likeness (QED) is 0.769. The highest BCUT2D eigenvalue weighted by atomic mass is 16.6. The zero-order valence-corrected chi connectivity index (χ0v) is 11.3. The molecular formula is C13H18N2O4. The second-order valence-electron chi connectivity index (χ2n) is 5.45. The summed E-state index contributed by atoms with van der Waals surface area (Å²) in [5, 5.41) is 18.3. The molecule has 0 aliphatic carbocycles. The molecule has 0 unspecified atom stereocenters. The van der Waals surface area contributed by atoms with Crippen LogP contribution in [-0.4, -0.2) is 39.8 Å². The third-order valence-electron chi connectivity index (χ3n) is 2.85. The Labute approximate surface area is 112 Å². The standard InChI is InChI=1S/C13H18N2O4/c1-5-8-6-9(7-14)15(10(8)11(16)17)12(18)19-13(2,3)4/h5,8-10H,1,6H2,2-4H3,(H,16,17)/t8-,9-,10-/m1/s1. The van der Waals surface area contributed by atoms with Gasteiger partial charge in [0.15, 0.2) is 0 Å². The summed E-state index contributed by atoms with van der Waals surface area (Å²) in [6.45, 7) is 8.61. The van der Waals surface area contributed by atoms with Crippen molar-refractivity contribution in [1.29, 1.82) is 5.26 Å². The third-order valence-corrected chi connectivity index (χ3v) is 2.85. The molecule has 19 heavy (non-hydrogen) atoms. The number of carboxylic acids is 1. The van der Waals surface area contributed by atoms with Gasteiger partial charge in [0.2, 0.25) is 0 Å². The van der Waals surface area contributed by atoms with Gasteiger partial charge in [0.1, 0.15) is 17.7 Å². The maximum atomic E-state index is 12.1. The summed E-state index contributed by atoms with van der Waals surface area (Å²) < 4.78 is 5.17. The number of carbonyl (C=O) groups is 2. The monoisotopic (exact) mass is 266 g/mol. The molecule has 1 amide bonds. The number of rotatable bonds is 2. The Morgan fingerprint density at radius 1 is 1.53 bits per heavy atom. The Kier molecular flexibility index (Phi) is 4.20. The highest BCUT2D eigenvalue weighted by molar-refractivity contribution is 5.82. The van der Waals surface area contributed by atoms with Crippen molar-refractivity contribution in [3.8, 4) is 6.07 Å². The number of nitrogens with zero attached hydrogens (tertiary/aromatic N) is 2. The molecular weight excluding hydrogens is 248 g/mol. The maximum absolute atomic E-state index is 12.1. The molecule has 1 fully saturated rings. The summed E-state index contributed by atoms with van der Waals surface area (Å²) in [5.74, 6) is -1.61. The molecule has 1 rings (SSSR count). The van der Waals surface area contributed by atoms with Gasteiger partial charge in [0.05, 0.1) is 6.07 Å². The summed E-state index contributed by atoms with van der Waals surface area (Å²) in [5.41, 5.74) is -0.744. The molecule has 1 aliphatic rings. The molecule has 1 N–H and O–H groups in total. The molecule has 1 aliphatic heterocycles. The summed E-state index contributed by atoms with van der Waals surface area (Å²) in [6, 6.07) is 0.0373. The van der Waals surface area contributed by atoms with Gasteiger partial charge < -0.3 is 9.84 Å². The molecule has 0 spiro atoms. The number of amides is 1. The number of hydrogen-bond donors (Lipinski definition) is 1. The molecule has 0 saturated carbocycles. The first-order valence-corrected chi connectivity index (χ1v) is 5.97. The molecule has 1 heterocycles. The van der Waals surface area contributed by atoms with E-state index in [9.17, 15) is 14.7 Å². The van der Waals surface area contributed by atoms with Crippen LogP contribution < -0.4 is 0 Å². The van der Waals surface area contributed by atoms with Crippen molar-refractivity contribution in [2.24, 2.45) is 5.92 Å². The number of carboxylic acid groups (broad SMARTS) is 1. The van der Waals surface area contributed by atoms with Crippen LogP contribution in [0, 0.1) is 17.2 Å². The normalized spacial score (nSPS) is 26.6. The fourth-order valence-electron chi connectivity index (χ4n) is 2.10. The summed E-state index contributed by atoms with van der Waals surface area (Å²) >= 11 is 0. The smallest absolute Gasteiger partial charge is 0.412 e. The van der Waals surface area contributed by atoms with Gasteiger partial charge in [-0.05, 0) is 27.2 Å². The van der Waals surface area contributed by atoms with Crippen LogP contribution in [0.15, 0.2) is 12.7 Å². The van der Waals surface area contributed by atoms with Crippen molar-refractivity contribution < 1.29 is 19.4 Å². The van der Waals surface area contributed by atoms with E-state index >= 15 is 0 Å². The minimum Gasteiger partial charge on any atom is -0.480 e. The number of likely N-dealkylation sites (tertiary alicyclic amines) is 1. The van der Waals surface area contributed by atoms with E-state index in [4.69, 9.17) is 10.00 Å². The molecule has 6 heteroatoms. The molecule has 0 radical (unpaired) electrons. The fraction of sp³-hybridized carbons (Fsp3) is 0.615. The van der Waals surface area contributed by atoms with Gasteiger partial charge in [-0.25, -0.2) is 9.59 Å². The van der Waals surface area contributed by atoms with E-state index in [1.54, 1.807) is 20.8 Å². The van der Waals surface area contributed by atoms with Crippen LogP contribution in [0.3, 0.4) is 0 Å². The molecule has 0 aromatic rings. The Morgan fingerprint density at radius 3 is 2.47 bits per heavy atom. The number of ether oxygens (including phenoxy) is 1. The third kappa shape index (κ3) is 3.25. The predicted molar refractivity (Wildman–Crippen MR) is 67.2 cm³/mol. The van der Waals surface area contributed by atoms with E-state index < -0.39 is 35.7 Å². The zero-order chi connectivity index (χ0) is 14.8. The van der Waals surface area contributed by atoms with E-state index in [0.29, 0.717) is 0 Å². The Bertz CT molecular complexity index is 433. The first-order valence-electron chi connectivity index (χ1n) is 5.97. The predicted octanol–water partition coefficient (Wildman–Crippen LogP) is 1.77. The van der Waals surface area contributed by atoms with Crippen molar-refractivity contribution in [3.63, 3.8) is 0 Å². The molecule has 0 aromatic heterocycles. The van der Waals surface area contributed by atoms with Gasteiger partial charge in [0.25, 0.3) is 0 Å². The lowest BCUT2D eigenvalue weighted by atomic mass is 10.00. The minimum atomic E-state index is -1.16. The summed E-state index contributed by atoms with van der Waals surface area (Å²) in [6.07, 6.45) is 0.944. The molecule has 0 aromatic carbocycles. The second kappa shape index (κ2) is 5.31. The Balaban J connectivity index is 3.05. The van der Waals surface area contributed by atoms with E-state index in [-0.39, 0.29) is 6.42 Å². The lowest BCUT2D eigenvalue weighted by Crippen LogP contribution is -2.48. The van der Waals surface area contributed by atoms with E-state index in [0.717, 1.165) is 4.90 Å². The van der Waals surface area contributed by atoms with Crippen molar-refractivity contribution in [2.75, 3.05) is 0 Å². The Hall–Kier alpha value is -2.03. The molecule has 1 saturated heterocycles. The first-order chi connectivity index (χ1) is 8.71. The van der Waals surface area contributed by atoms with Crippen LogP contribution in [0.1, 0.15) is 27.2 Å². The van der Waals surface area contributed by atoms with Crippen LogP contribution in [-0.2, 0) is 9.53 Å². The molecule has 104 valence electrons. The van der Waals surface area contributed by atoms with Gasteiger partial charge in [0, 0.05) is 5.92 Å². The van der Waals surface area contributed by atoms with Crippen molar-refractivity contribution >= 4 is 12.1 Å². The van der Waals surface area contributed by atoms with E-state index in [1.807, 2.05) is 6.07 Å². The fourth-order valence-corrected chi connectivity index (χ4v) is 2.10. The van der Waals surface area contributed by atoms with Gasteiger partial charge in [-0.3, -0.25) is 4.90 Å². The van der Waals surface area contributed by atoms with Crippen molar-refractivity contribution in [1.82, 2.24) is 4.90 Å². The van der Waals surface area contributed by atoms with Crippen LogP contribution in [0.5, 0.6) is 0 Å².